The quantitative estimate of drug-likeness (QED) is 0.421. The molecule has 2 aromatic rings. The molecule has 1 aliphatic rings. The zero-order valence-corrected chi connectivity index (χ0v) is 16.8. The molecule has 0 aromatic heterocycles. The summed E-state index contributed by atoms with van der Waals surface area (Å²) in [5.74, 6) is -1.47. The number of nitrogens with zero attached hydrogens (tertiary/aromatic N) is 1. The Morgan fingerprint density at radius 3 is 2.40 bits per heavy atom. The first-order valence-corrected chi connectivity index (χ1v) is 9.42. The highest BCUT2D eigenvalue weighted by molar-refractivity contribution is 9.10. The van der Waals surface area contributed by atoms with Crippen LogP contribution in [0.15, 0.2) is 59.2 Å². The van der Waals surface area contributed by atoms with E-state index in [2.05, 4.69) is 20.7 Å². The molecule has 6 nitrogen and oxygen atoms in total. The highest BCUT2D eigenvalue weighted by Gasteiger charge is 2.32. The van der Waals surface area contributed by atoms with Crippen LogP contribution in [0, 0.1) is 5.21 Å². The number of carbonyl (C=O) groups is 1. The monoisotopic (exact) mass is 485 g/mol. The summed E-state index contributed by atoms with van der Waals surface area (Å²) in [6.45, 7) is 0.0945. The summed E-state index contributed by atoms with van der Waals surface area (Å²) >= 11 is 3.04. The third kappa shape index (κ3) is 5.53. The molecule has 3 rings (SSSR count). The zero-order valence-electron chi connectivity index (χ0n) is 15.2. The van der Waals surface area contributed by atoms with Crippen LogP contribution >= 0.6 is 15.9 Å². The Kier molecular flexibility index (Phi) is 6.35. The van der Waals surface area contributed by atoms with Gasteiger partial charge in [-0.25, -0.2) is 0 Å². The smallest absolute Gasteiger partial charge is 0.573 e. The molecule has 0 fully saturated rings. The number of benzene rings is 2. The Morgan fingerprint density at radius 1 is 1.20 bits per heavy atom. The van der Waals surface area contributed by atoms with Crippen LogP contribution in [0.5, 0.6) is 11.5 Å². The highest BCUT2D eigenvalue weighted by atomic mass is 79.9. The molecule has 30 heavy (non-hydrogen) atoms. The largest absolute Gasteiger partial charge is 0.618 e. The minimum Gasteiger partial charge on any atom is -0.618 e. The molecule has 2 aromatic carbocycles. The van der Waals surface area contributed by atoms with Crippen LogP contribution in [0.1, 0.15) is 23.5 Å². The summed E-state index contributed by atoms with van der Waals surface area (Å²) in [6, 6.07) is 10.7. The van der Waals surface area contributed by atoms with Crippen LogP contribution in [0.4, 0.5) is 13.2 Å². The molecular formula is C20H15BrF3NO5. The number of alkyl halides is 3. The van der Waals surface area contributed by atoms with E-state index >= 15 is 0 Å². The molecule has 0 unspecified atom stereocenters. The molecule has 0 amide bonds. The van der Waals surface area contributed by atoms with Crippen molar-refractivity contribution in [3.63, 3.8) is 0 Å². The lowest BCUT2D eigenvalue weighted by Crippen LogP contribution is -2.26. The summed E-state index contributed by atoms with van der Waals surface area (Å²) in [6.07, 6.45) is -2.11. The van der Waals surface area contributed by atoms with Crippen LogP contribution in [0.25, 0.3) is 0 Å². The number of rotatable bonds is 8. The van der Waals surface area contributed by atoms with Crippen LogP contribution in [-0.2, 0) is 11.4 Å². The number of hydrogen-bond acceptors (Lipinski definition) is 4. The van der Waals surface area contributed by atoms with E-state index in [-0.39, 0.29) is 23.2 Å². The van der Waals surface area contributed by atoms with Gasteiger partial charge in [0.2, 0.25) is 5.71 Å². The maximum atomic E-state index is 12.3. The average molecular weight is 486 g/mol. The Balaban J connectivity index is 1.65. The predicted molar refractivity (Wildman–Crippen MR) is 104 cm³/mol. The van der Waals surface area contributed by atoms with Gasteiger partial charge in [0, 0.05) is 0 Å². The number of aliphatic carboxylic acids is 1. The summed E-state index contributed by atoms with van der Waals surface area (Å²) in [4.78, 5) is 11.1. The second kappa shape index (κ2) is 8.78. The normalized spacial score (nSPS) is 14.3. The van der Waals surface area contributed by atoms with Crippen LogP contribution in [0.3, 0.4) is 0 Å². The van der Waals surface area contributed by atoms with E-state index in [0.29, 0.717) is 27.3 Å². The first kappa shape index (κ1) is 21.7. The van der Waals surface area contributed by atoms with E-state index in [9.17, 15) is 23.2 Å². The third-order valence-corrected chi connectivity index (χ3v) is 4.90. The molecule has 1 N–H and O–H groups in total. The fourth-order valence-corrected chi connectivity index (χ4v) is 3.37. The van der Waals surface area contributed by atoms with E-state index in [1.165, 1.54) is 24.4 Å². The van der Waals surface area contributed by atoms with Gasteiger partial charge in [-0.15, -0.1) is 13.2 Å². The Bertz CT molecular complexity index is 1000. The van der Waals surface area contributed by atoms with E-state index in [4.69, 9.17) is 9.84 Å². The number of ether oxygens (including phenoxy) is 2. The van der Waals surface area contributed by atoms with E-state index in [1.807, 2.05) is 0 Å². The molecule has 1 atom stereocenters. The van der Waals surface area contributed by atoms with Gasteiger partial charge in [0.15, 0.2) is 6.20 Å². The minimum atomic E-state index is -4.78. The lowest BCUT2D eigenvalue weighted by molar-refractivity contribution is -0.391. The number of carboxylic acids is 1. The lowest BCUT2D eigenvalue weighted by Gasteiger charge is -2.19. The van der Waals surface area contributed by atoms with Gasteiger partial charge in [-0.2, -0.15) is 4.74 Å². The molecule has 0 saturated carbocycles. The molecule has 158 valence electrons. The minimum absolute atomic E-state index is 0.0945. The number of hydroxylamine groups is 1. The van der Waals surface area contributed by atoms with Gasteiger partial charge in [0.1, 0.15) is 18.1 Å². The summed E-state index contributed by atoms with van der Waals surface area (Å²) in [7, 11) is 0. The van der Waals surface area contributed by atoms with Gasteiger partial charge < -0.3 is 19.8 Å². The fourth-order valence-electron chi connectivity index (χ4n) is 2.86. The third-order valence-electron chi connectivity index (χ3n) is 4.28. The lowest BCUT2D eigenvalue weighted by atomic mass is 9.89. The molecular weight excluding hydrogens is 471 g/mol. The molecule has 1 heterocycles. The van der Waals surface area contributed by atoms with Crippen molar-refractivity contribution in [2.45, 2.75) is 25.3 Å². The molecule has 0 radical (unpaired) electrons. The zero-order chi connectivity index (χ0) is 21.9. The Morgan fingerprint density at radius 2 is 1.90 bits per heavy atom. The summed E-state index contributed by atoms with van der Waals surface area (Å²) in [5, 5.41) is 20.7. The van der Waals surface area contributed by atoms with Gasteiger partial charge in [-0.1, -0.05) is 18.2 Å². The molecule has 10 heteroatoms. The number of hydrogen-bond donors (Lipinski definition) is 1. The highest BCUT2D eigenvalue weighted by Crippen LogP contribution is 2.32. The van der Waals surface area contributed by atoms with Crippen molar-refractivity contribution < 1.29 is 37.3 Å². The Labute approximate surface area is 177 Å². The second-order valence-electron chi connectivity index (χ2n) is 6.39. The summed E-state index contributed by atoms with van der Waals surface area (Å²) in [5.41, 5.74) is 1.64. The van der Waals surface area contributed by atoms with Gasteiger partial charge in [-0.05, 0) is 51.3 Å². The van der Waals surface area contributed by atoms with Crippen molar-refractivity contribution in [1.29, 1.82) is 0 Å². The van der Waals surface area contributed by atoms with Crippen molar-refractivity contribution >= 4 is 27.6 Å². The maximum Gasteiger partial charge on any atom is 0.573 e. The Hall–Kier alpha value is -3.01. The van der Waals surface area contributed by atoms with Crippen LogP contribution in [0.2, 0.25) is 0 Å². The average Bonchev–Trinajstić information content (AvgIpc) is 2.65. The number of allylic oxidation sites excluding steroid dienone is 1. The van der Waals surface area contributed by atoms with Crippen molar-refractivity contribution in [1.82, 2.24) is 0 Å². The maximum absolute atomic E-state index is 12.3. The van der Waals surface area contributed by atoms with Gasteiger partial charge >= 0.3 is 12.3 Å². The number of halogens is 4. The van der Waals surface area contributed by atoms with Gasteiger partial charge in [0.25, 0.3) is 0 Å². The number of carboxylic acid groups (broad SMARTS) is 1. The SMILES string of the molecule is O=C(O)C[C@H](C1=[N+]([O-])C=C1)c1ccc(OCc2ccc(OC(F)(F)F)c(Br)c2)cc1. The van der Waals surface area contributed by atoms with E-state index < -0.39 is 18.2 Å². The summed E-state index contributed by atoms with van der Waals surface area (Å²) < 4.78 is 47.3. The van der Waals surface area contributed by atoms with Gasteiger partial charge in [0.05, 0.1) is 22.9 Å². The molecule has 0 spiro atoms. The standard InChI is InChI=1S/C20H15BrF3NO5/c21-16-9-12(1-6-18(16)30-20(22,23)24)11-29-14-4-2-13(3-5-14)15(10-19(26)27)17-7-8-25(17)28/h1-9,15H,10-11H2,(H,26,27)/t15-/m0/s1. The van der Waals surface area contributed by atoms with Gasteiger partial charge in [-0.3, -0.25) is 4.79 Å². The molecule has 0 saturated heterocycles. The van der Waals surface area contributed by atoms with Crippen LogP contribution in [-0.4, -0.2) is 27.9 Å². The van der Waals surface area contributed by atoms with Crippen molar-refractivity contribution in [2.75, 3.05) is 0 Å². The van der Waals surface area contributed by atoms with E-state index in [1.54, 1.807) is 30.3 Å². The molecule has 0 aliphatic carbocycles. The van der Waals surface area contributed by atoms with Crippen LogP contribution < -0.4 is 9.47 Å². The van der Waals surface area contributed by atoms with Crippen molar-refractivity contribution in [2.24, 2.45) is 0 Å². The topological polar surface area (TPSA) is 81.8 Å². The second-order valence-corrected chi connectivity index (χ2v) is 7.24. The first-order valence-electron chi connectivity index (χ1n) is 8.62. The molecule has 0 bridgehead atoms. The molecule has 1 aliphatic heterocycles. The van der Waals surface area contributed by atoms with Crippen molar-refractivity contribution in [3.8, 4) is 11.5 Å². The fraction of sp³-hybridized carbons (Fsp3) is 0.200. The van der Waals surface area contributed by atoms with Crippen molar-refractivity contribution in [3.05, 3.63) is 75.5 Å². The predicted octanol–water partition coefficient (Wildman–Crippen LogP) is 4.96. The van der Waals surface area contributed by atoms with E-state index in [0.717, 1.165) is 0 Å². The first-order chi connectivity index (χ1) is 14.1.